The Bertz CT molecular complexity index is 450. The van der Waals surface area contributed by atoms with Gasteiger partial charge in [-0.25, -0.2) is 5.10 Å². The summed E-state index contributed by atoms with van der Waals surface area (Å²) in [4.78, 5) is 10.7. The number of aromatic nitrogens is 4. The summed E-state index contributed by atoms with van der Waals surface area (Å²) in [5.74, 6) is 0. The molecule has 2 rings (SSSR count). The molecule has 0 aliphatic heterocycles. The molecule has 2 aromatic heterocycles. The molecule has 1 N–H and O–H groups in total. The van der Waals surface area contributed by atoms with Crippen LogP contribution in [0.2, 0.25) is 0 Å². The standard InChI is InChI=1S/C8H8N4O/c1-12-7(4-5-9-12)6-2-3-8(13)11-10-6/h2-5H,1H3,(H,11,13). The number of nitrogens with one attached hydrogen (secondary N) is 1. The van der Waals surface area contributed by atoms with Gasteiger partial charge in [-0.1, -0.05) is 0 Å². The van der Waals surface area contributed by atoms with E-state index in [0.717, 1.165) is 5.69 Å². The fourth-order valence-electron chi connectivity index (χ4n) is 1.11. The molecule has 13 heavy (non-hydrogen) atoms. The van der Waals surface area contributed by atoms with Crippen LogP contribution in [0.15, 0.2) is 29.2 Å². The highest BCUT2D eigenvalue weighted by Crippen LogP contribution is 2.11. The topological polar surface area (TPSA) is 63.6 Å². The first-order valence-corrected chi connectivity index (χ1v) is 3.81. The van der Waals surface area contributed by atoms with Crippen molar-refractivity contribution < 1.29 is 0 Å². The second-order valence-electron chi connectivity index (χ2n) is 2.65. The van der Waals surface area contributed by atoms with Gasteiger partial charge in [-0.15, -0.1) is 0 Å². The van der Waals surface area contributed by atoms with Crippen molar-refractivity contribution in [1.82, 2.24) is 20.0 Å². The van der Waals surface area contributed by atoms with E-state index in [9.17, 15) is 4.79 Å². The van der Waals surface area contributed by atoms with Crippen LogP contribution in [0.5, 0.6) is 0 Å². The molecule has 0 unspecified atom stereocenters. The van der Waals surface area contributed by atoms with Crippen molar-refractivity contribution >= 4 is 0 Å². The van der Waals surface area contributed by atoms with Gasteiger partial charge >= 0.3 is 0 Å². The van der Waals surface area contributed by atoms with Crippen molar-refractivity contribution in [3.8, 4) is 11.4 Å². The number of rotatable bonds is 1. The Morgan fingerprint density at radius 2 is 2.23 bits per heavy atom. The number of H-pyrrole nitrogens is 1. The van der Waals surface area contributed by atoms with E-state index in [4.69, 9.17) is 0 Å². The third-order valence-corrected chi connectivity index (χ3v) is 1.76. The van der Waals surface area contributed by atoms with Crippen molar-refractivity contribution in [2.75, 3.05) is 0 Å². The molecular formula is C8H8N4O. The van der Waals surface area contributed by atoms with Gasteiger partial charge in [-0.3, -0.25) is 9.48 Å². The molecule has 0 saturated heterocycles. The molecular weight excluding hydrogens is 168 g/mol. The van der Waals surface area contributed by atoms with Crippen LogP contribution in [0.3, 0.4) is 0 Å². The molecule has 2 aromatic rings. The fourth-order valence-corrected chi connectivity index (χ4v) is 1.11. The fraction of sp³-hybridized carbons (Fsp3) is 0.125. The normalized spacial score (nSPS) is 10.2. The van der Waals surface area contributed by atoms with E-state index in [1.165, 1.54) is 6.07 Å². The van der Waals surface area contributed by atoms with Crippen molar-refractivity contribution in [2.24, 2.45) is 7.05 Å². The molecule has 0 amide bonds. The van der Waals surface area contributed by atoms with Crippen LogP contribution in [0.1, 0.15) is 0 Å². The molecule has 0 spiro atoms. The second kappa shape index (κ2) is 2.85. The van der Waals surface area contributed by atoms with E-state index in [-0.39, 0.29) is 5.56 Å². The Morgan fingerprint density at radius 3 is 2.77 bits per heavy atom. The van der Waals surface area contributed by atoms with Crippen LogP contribution >= 0.6 is 0 Å². The zero-order chi connectivity index (χ0) is 9.26. The lowest BCUT2D eigenvalue weighted by Gasteiger charge is -1.98. The van der Waals surface area contributed by atoms with E-state index in [1.54, 1.807) is 16.9 Å². The molecule has 0 aromatic carbocycles. The molecule has 5 nitrogen and oxygen atoms in total. The van der Waals surface area contributed by atoms with E-state index < -0.39 is 0 Å². The minimum absolute atomic E-state index is 0.203. The zero-order valence-electron chi connectivity index (χ0n) is 7.06. The summed E-state index contributed by atoms with van der Waals surface area (Å²) in [6.45, 7) is 0. The predicted octanol–water partition coefficient (Wildman–Crippen LogP) is 0.170. The Kier molecular flexibility index (Phi) is 1.70. The maximum absolute atomic E-state index is 10.7. The van der Waals surface area contributed by atoms with Crippen LogP contribution in [0, 0.1) is 0 Å². The monoisotopic (exact) mass is 176 g/mol. The highest BCUT2D eigenvalue weighted by atomic mass is 16.1. The number of aryl methyl sites for hydroxylation is 1. The lowest BCUT2D eigenvalue weighted by atomic mass is 10.3. The molecule has 0 radical (unpaired) electrons. The van der Waals surface area contributed by atoms with Crippen molar-refractivity contribution in [3.63, 3.8) is 0 Å². The molecule has 0 bridgehead atoms. The minimum atomic E-state index is -0.203. The zero-order valence-corrected chi connectivity index (χ0v) is 7.06. The van der Waals surface area contributed by atoms with E-state index >= 15 is 0 Å². The Hall–Kier alpha value is -1.91. The largest absolute Gasteiger partial charge is 0.268 e. The highest BCUT2D eigenvalue weighted by Gasteiger charge is 2.02. The van der Waals surface area contributed by atoms with E-state index in [0.29, 0.717) is 5.69 Å². The number of hydrogen-bond acceptors (Lipinski definition) is 3. The summed E-state index contributed by atoms with van der Waals surface area (Å²) in [6, 6.07) is 4.94. The van der Waals surface area contributed by atoms with Gasteiger partial charge in [-0.05, 0) is 12.1 Å². The van der Waals surface area contributed by atoms with Gasteiger partial charge in [0.25, 0.3) is 5.56 Å². The first kappa shape index (κ1) is 7.72. The van der Waals surface area contributed by atoms with Crippen LogP contribution in [-0.4, -0.2) is 20.0 Å². The molecule has 0 fully saturated rings. The molecule has 0 aliphatic rings. The lowest BCUT2D eigenvalue weighted by Crippen LogP contribution is -2.06. The van der Waals surface area contributed by atoms with Gasteiger partial charge in [0.05, 0.1) is 5.69 Å². The van der Waals surface area contributed by atoms with Crippen LogP contribution < -0.4 is 5.56 Å². The van der Waals surface area contributed by atoms with E-state index in [2.05, 4.69) is 15.3 Å². The van der Waals surface area contributed by atoms with Gasteiger partial charge in [0.1, 0.15) is 5.69 Å². The molecule has 0 aliphatic carbocycles. The predicted molar refractivity (Wildman–Crippen MR) is 47.1 cm³/mol. The molecule has 2 heterocycles. The van der Waals surface area contributed by atoms with E-state index in [1.807, 2.05) is 13.1 Å². The first-order chi connectivity index (χ1) is 6.27. The quantitative estimate of drug-likeness (QED) is 0.673. The lowest BCUT2D eigenvalue weighted by molar-refractivity contribution is 0.770. The van der Waals surface area contributed by atoms with Crippen molar-refractivity contribution in [3.05, 3.63) is 34.7 Å². The molecule has 66 valence electrons. The summed E-state index contributed by atoms with van der Waals surface area (Å²) in [5, 5.41) is 10.3. The van der Waals surface area contributed by atoms with Crippen LogP contribution in [0.4, 0.5) is 0 Å². The minimum Gasteiger partial charge on any atom is -0.268 e. The van der Waals surface area contributed by atoms with Gasteiger partial charge in [0.15, 0.2) is 0 Å². The van der Waals surface area contributed by atoms with Crippen LogP contribution in [0.25, 0.3) is 11.4 Å². The van der Waals surface area contributed by atoms with Gasteiger partial charge in [0.2, 0.25) is 0 Å². The van der Waals surface area contributed by atoms with Gasteiger partial charge in [-0.2, -0.15) is 10.2 Å². The van der Waals surface area contributed by atoms with Gasteiger partial charge in [0, 0.05) is 19.3 Å². The Balaban J connectivity index is 2.53. The average molecular weight is 176 g/mol. The summed E-state index contributed by atoms with van der Waals surface area (Å²) < 4.78 is 1.70. The highest BCUT2D eigenvalue weighted by molar-refractivity contribution is 5.52. The summed E-state index contributed by atoms with van der Waals surface area (Å²) in [6.07, 6.45) is 1.68. The molecule has 0 saturated carbocycles. The number of aromatic amines is 1. The maximum atomic E-state index is 10.7. The second-order valence-corrected chi connectivity index (χ2v) is 2.65. The van der Waals surface area contributed by atoms with Crippen molar-refractivity contribution in [1.29, 1.82) is 0 Å². The maximum Gasteiger partial charge on any atom is 0.264 e. The molecule has 5 heteroatoms. The Labute approximate surface area is 74.0 Å². The summed E-state index contributed by atoms with van der Waals surface area (Å²) >= 11 is 0. The van der Waals surface area contributed by atoms with Crippen molar-refractivity contribution in [2.45, 2.75) is 0 Å². The third-order valence-electron chi connectivity index (χ3n) is 1.76. The summed E-state index contributed by atoms with van der Waals surface area (Å²) in [5.41, 5.74) is 1.38. The summed E-state index contributed by atoms with van der Waals surface area (Å²) in [7, 11) is 1.82. The van der Waals surface area contributed by atoms with Crippen LogP contribution in [-0.2, 0) is 7.05 Å². The van der Waals surface area contributed by atoms with Gasteiger partial charge < -0.3 is 0 Å². The first-order valence-electron chi connectivity index (χ1n) is 3.81. The third kappa shape index (κ3) is 1.35. The average Bonchev–Trinajstić information content (AvgIpc) is 2.53. The SMILES string of the molecule is Cn1nccc1-c1ccc(=O)[nH]n1. The Morgan fingerprint density at radius 1 is 1.38 bits per heavy atom. The molecule has 0 atom stereocenters. The number of hydrogen-bond donors (Lipinski definition) is 1. The number of nitrogens with zero attached hydrogens (tertiary/aromatic N) is 3. The smallest absolute Gasteiger partial charge is 0.264 e.